The highest BCUT2D eigenvalue weighted by atomic mass is 16.5. The van der Waals surface area contributed by atoms with E-state index in [1.54, 1.807) is 19.2 Å². The van der Waals surface area contributed by atoms with E-state index in [0.717, 1.165) is 0 Å². The van der Waals surface area contributed by atoms with Crippen LogP contribution in [-0.4, -0.2) is 18.5 Å². The first-order valence-electron chi connectivity index (χ1n) is 5.22. The van der Waals surface area contributed by atoms with Crippen molar-refractivity contribution in [2.24, 2.45) is 0 Å². The molecule has 0 aromatic heterocycles. The molecular weight excluding hydrogens is 204 g/mol. The minimum atomic E-state index is -0.337. The van der Waals surface area contributed by atoms with Crippen LogP contribution in [0.3, 0.4) is 0 Å². The number of ketones is 1. The molecule has 1 rings (SSSR count). The molecule has 0 saturated carbocycles. The molecule has 0 fully saturated rings. The molecule has 0 radical (unpaired) electrons. The summed E-state index contributed by atoms with van der Waals surface area (Å²) in [4.78, 5) is 11.6. The number of carbonyl (C=O) groups excluding carboxylic acids is 1. The fourth-order valence-electron chi connectivity index (χ4n) is 1.44. The van der Waals surface area contributed by atoms with Crippen LogP contribution in [0.1, 0.15) is 38.1 Å². The predicted molar refractivity (Wildman–Crippen MR) is 63.4 cm³/mol. The Morgan fingerprint density at radius 3 is 2.19 bits per heavy atom. The van der Waals surface area contributed by atoms with Gasteiger partial charge in [-0.3, -0.25) is 4.79 Å². The minimum Gasteiger partial charge on any atom is -0.496 e. The summed E-state index contributed by atoms with van der Waals surface area (Å²) in [5.74, 6) is 1.06. The summed E-state index contributed by atoms with van der Waals surface area (Å²) in [5.41, 5.74) is 0.163. The van der Waals surface area contributed by atoms with E-state index < -0.39 is 0 Å². The second kappa shape index (κ2) is 4.56. The summed E-state index contributed by atoms with van der Waals surface area (Å²) in [6.07, 6.45) is 0. The molecule has 3 heteroatoms. The minimum absolute atomic E-state index is 0.0586. The molecule has 16 heavy (non-hydrogen) atoms. The van der Waals surface area contributed by atoms with Gasteiger partial charge in [-0.05, 0) is 39.8 Å². The molecule has 88 valence electrons. The largest absolute Gasteiger partial charge is 0.496 e. The van der Waals surface area contributed by atoms with Gasteiger partial charge in [-0.1, -0.05) is 6.07 Å². The van der Waals surface area contributed by atoms with Gasteiger partial charge in [-0.15, -0.1) is 0 Å². The Bertz CT molecular complexity index is 389. The van der Waals surface area contributed by atoms with Crippen molar-refractivity contribution in [3.8, 4) is 11.5 Å². The summed E-state index contributed by atoms with van der Waals surface area (Å²) >= 11 is 0. The normalized spacial score (nSPS) is 11.1. The lowest BCUT2D eigenvalue weighted by Crippen LogP contribution is -2.24. The van der Waals surface area contributed by atoms with E-state index in [2.05, 4.69) is 0 Å². The highest BCUT2D eigenvalue weighted by Crippen LogP contribution is 2.31. The maximum atomic E-state index is 11.6. The molecule has 1 aromatic rings. The van der Waals surface area contributed by atoms with Crippen LogP contribution < -0.4 is 9.47 Å². The quantitative estimate of drug-likeness (QED) is 0.737. The summed E-state index contributed by atoms with van der Waals surface area (Å²) in [7, 11) is 1.54. The molecule has 0 atom stereocenters. The molecule has 0 N–H and O–H groups in total. The van der Waals surface area contributed by atoms with E-state index in [-0.39, 0.29) is 11.4 Å². The number of ether oxygens (including phenoxy) is 2. The molecule has 0 aliphatic rings. The standard InChI is InChI=1S/C13H18O3/c1-9(14)12-10(15-5)7-6-8-11(12)16-13(2,3)4/h6-8H,1-5H3. The van der Waals surface area contributed by atoms with Gasteiger partial charge in [0.25, 0.3) is 0 Å². The molecule has 0 amide bonds. The van der Waals surface area contributed by atoms with Crippen molar-refractivity contribution < 1.29 is 14.3 Å². The van der Waals surface area contributed by atoms with Crippen LogP contribution in [-0.2, 0) is 0 Å². The van der Waals surface area contributed by atoms with Gasteiger partial charge in [0.15, 0.2) is 5.78 Å². The molecule has 0 heterocycles. The second-order valence-electron chi connectivity index (χ2n) is 4.60. The van der Waals surface area contributed by atoms with Crippen molar-refractivity contribution in [1.29, 1.82) is 0 Å². The fourth-order valence-corrected chi connectivity index (χ4v) is 1.44. The Balaban J connectivity index is 3.22. The third kappa shape index (κ3) is 2.99. The zero-order valence-electron chi connectivity index (χ0n) is 10.5. The first-order chi connectivity index (χ1) is 7.35. The lowest BCUT2D eigenvalue weighted by molar-refractivity contribution is 0.0986. The average molecular weight is 222 g/mol. The Morgan fingerprint density at radius 2 is 1.75 bits per heavy atom. The van der Waals surface area contributed by atoms with Crippen LogP contribution in [0.2, 0.25) is 0 Å². The summed E-state index contributed by atoms with van der Waals surface area (Å²) in [6, 6.07) is 5.35. The van der Waals surface area contributed by atoms with Crippen LogP contribution in [0, 0.1) is 0 Å². The van der Waals surface area contributed by atoms with E-state index in [9.17, 15) is 4.79 Å². The molecule has 0 spiro atoms. The number of hydrogen-bond donors (Lipinski definition) is 0. The van der Waals surface area contributed by atoms with Gasteiger partial charge in [0, 0.05) is 0 Å². The molecule has 0 aliphatic heterocycles. The number of carbonyl (C=O) groups is 1. The Labute approximate surface area is 96.4 Å². The Hall–Kier alpha value is -1.51. The fraction of sp³-hybridized carbons (Fsp3) is 0.462. The summed E-state index contributed by atoms with van der Waals surface area (Å²) < 4.78 is 10.9. The van der Waals surface area contributed by atoms with Crippen LogP contribution in [0.15, 0.2) is 18.2 Å². The van der Waals surface area contributed by atoms with Gasteiger partial charge in [0.2, 0.25) is 0 Å². The first kappa shape index (κ1) is 12.6. The number of benzene rings is 1. The zero-order valence-corrected chi connectivity index (χ0v) is 10.5. The predicted octanol–water partition coefficient (Wildman–Crippen LogP) is 3.08. The van der Waals surface area contributed by atoms with Gasteiger partial charge >= 0.3 is 0 Å². The van der Waals surface area contributed by atoms with Gasteiger partial charge < -0.3 is 9.47 Å². The average Bonchev–Trinajstić information content (AvgIpc) is 2.14. The summed E-state index contributed by atoms with van der Waals surface area (Å²) in [6.45, 7) is 7.33. The number of Topliss-reactive ketones (excluding diaryl/α,β-unsaturated/α-hetero) is 1. The van der Waals surface area contributed by atoms with Crippen molar-refractivity contribution in [3.05, 3.63) is 23.8 Å². The third-order valence-electron chi connectivity index (χ3n) is 1.98. The van der Waals surface area contributed by atoms with Crippen LogP contribution >= 0.6 is 0 Å². The molecule has 1 aromatic carbocycles. The number of methoxy groups -OCH3 is 1. The smallest absolute Gasteiger partial charge is 0.167 e. The molecular formula is C13H18O3. The highest BCUT2D eigenvalue weighted by molar-refractivity contribution is 5.99. The van der Waals surface area contributed by atoms with E-state index in [0.29, 0.717) is 17.1 Å². The third-order valence-corrected chi connectivity index (χ3v) is 1.98. The molecule has 3 nitrogen and oxygen atoms in total. The van der Waals surface area contributed by atoms with Crippen molar-refractivity contribution in [2.45, 2.75) is 33.3 Å². The zero-order chi connectivity index (χ0) is 12.3. The van der Waals surface area contributed by atoms with E-state index in [4.69, 9.17) is 9.47 Å². The van der Waals surface area contributed by atoms with Crippen LogP contribution in [0.5, 0.6) is 11.5 Å². The Morgan fingerprint density at radius 1 is 1.19 bits per heavy atom. The highest BCUT2D eigenvalue weighted by Gasteiger charge is 2.19. The van der Waals surface area contributed by atoms with Gasteiger partial charge in [0.05, 0.1) is 7.11 Å². The first-order valence-corrected chi connectivity index (χ1v) is 5.22. The molecule has 0 unspecified atom stereocenters. The van der Waals surface area contributed by atoms with Crippen molar-refractivity contribution in [2.75, 3.05) is 7.11 Å². The van der Waals surface area contributed by atoms with E-state index >= 15 is 0 Å². The monoisotopic (exact) mass is 222 g/mol. The van der Waals surface area contributed by atoms with Crippen molar-refractivity contribution >= 4 is 5.78 Å². The Kier molecular flexibility index (Phi) is 3.58. The lowest BCUT2D eigenvalue weighted by Gasteiger charge is -2.23. The van der Waals surface area contributed by atoms with Gasteiger partial charge in [-0.25, -0.2) is 0 Å². The van der Waals surface area contributed by atoms with Gasteiger partial charge in [0.1, 0.15) is 22.7 Å². The summed E-state index contributed by atoms with van der Waals surface area (Å²) in [5, 5.41) is 0. The van der Waals surface area contributed by atoms with Gasteiger partial charge in [-0.2, -0.15) is 0 Å². The second-order valence-corrected chi connectivity index (χ2v) is 4.60. The maximum absolute atomic E-state index is 11.6. The molecule has 0 saturated heterocycles. The lowest BCUT2D eigenvalue weighted by atomic mass is 10.1. The van der Waals surface area contributed by atoms with E-state index in [1.807, 2.05) is 26.8 Å². The van der Waals surface area contributed by atoms with E-state index in [1.165, 1.54) is 6.92 Å². The number of hydrogen-bond acceptors (Lipinski definition) is 3. The van der Waals surface area contributed by atoms with Crippen LogP contribution in [0.4, 0.5) is 0 Å². The van der Waals surface area contributed by atoms with Crippen molar-refractivity contribution in [3.63, 3.8) is 0 Å². The number of rotatable bonds is 3. The topological polar surface area (TPSA) is 35.5 Å². The maximum Gasteiger partial charge on any atom is 0.167 e. The SMILES string of the molecule is COc1cccc(OC(C)(C)C)c1C(C)=O. The van der Waals surface area contributed by atoms with Crippen molar-refractivity contribution in [1.82, 2.24) is 0 Å². The molecule has 0 bridgehead atoms. The van der Waals surface area contributed by atoms with Crippen LogP contribution in [0.25, 0.3) is 0 Å². The molecule has 0 aliphatic carbocycles.